The first-order chi connectivity index (χ1) is 7.66. The van der Waals surface area contributed by atoms with Gasteiger partial charge in [0.15, 0.2) is 0 Å². The van der Waals surface area contributed by atoms with Crippen molar-refractivity contribution in [1.29, 1.82) is 0 Å². The normalized spacial score (nSPS) is 10.1. The summed E-state index contributed by atoms with van der Waals surface area (Å²) in [5, 5.41) is 8.58. The molecule has 0 unspecified atom stereocenters. The van der Waals surface area contributed by atoms with Gasteiger partial charge in [-0.25, -0.2) is 9.49 Å². The second-order valence-electron chi connectivity index (χ2n) is 2.91. The van der Waals surface area contributed by atoms with Crippen molar-refractivity contribution in [1.82, 2.24) is 15.2 Å². The molecule has 1 aromatic heterocycles. The third kappa shape index (κ3) is 2.17. The first-order valence-corrected chi connectivity index (χ1v) is 4.66. The molecule has 1 aromatic carbocycles. The van der Waals surface area contributed by atoms with Gasteiger partial charge in [0.05, 0.1) is 5.56 Å². The summed E-state index contributed by atoms with van der Waals surface area (Å²) in [6.07, 6.45) is 1.23. The quantitative estimate of drug-likeness (QED) is 0.842. The number of nitrogens with one attached hydrogen (secondary N) is 2. The van der Waals surface area contributed by atoms with Crippen LogP contribution in [0.2, 0.25) is 5.02 Å². The molecule has 2 rings (SSSR count). The maximum atomic E-state index is 13.3. The van der Waals surface area contributed by atoms with E-state index in [-0.39, 0.29) is 16.5 Å². The van der Waals surface area contributed by atoms with E-state index in [1.165, 1.54) is 18.5 Å². The molecule has 0 aliphatic rings. The van der Waals surface area contributed by atoms with E-state index in [0.717, 1.165) is 6.07 Å². The van der Waals surface area contributed by atoms with E-state index in [1.807, 2.05) is 0 Å². The Kier molecular flexibility index (Phi) is 2.82. The largest absolute Gasteiger partial charge is 0.291 e. The molecule has 0 saturated carbocycles. The van der Waals surface area contributed by atoms with Crippen molar-refractivity contribution in [2.24, 2.45) is 0 Å². The Bertz CT molecular complexity index is 514. The number of hydrogen-bond donors (Lipinski definition) is 2. The number of halogens is 2. The average molecular weight is 241 g/mol. The lowest BCUT2D eigenvalue weighted by Crippen LogP contribution is -2.14. The average Bonchev–Trinajstić information content (AvgIpc) is 2.74. The fourth-order valence-corrected chi connectivity index (χ4v) is 1.28. The molecule has 0 saturated heterocycles. The maximum absolute atomic E-state index is 13.3. The molecule has 1 heterocycles. The van der Waals surface area contributed by atoms with Gasteiger partial charge in [0.1, 0.15) is 12.1 Å². The van der Waals surface area contributed by atoms with Crippen molar-refractivity contribution < 1.29 is 9.18 Å². The van der Waals surface area contributed by atoms with Gasteiger partial charge in [-0.15, -0.1) is 0 Å². The molecule has 7 heteroatoms. The van der Waals surface area contributed by atoms with Crippen molar-refractivity contribution in [3.05, 3.63) is 40.9 Å². The Morgan fingerprint density at radius 1 is 1.50 bits per heavy atom. The molecule has 16 heavy (non-hydrogen) atoms. The lowest BCUT2D eigenvalue weighted by atomic mass is 10.2. The molecular formula is C9H6ClFN4O. The fraction of sp³-hybridized carbons (Fsp3) is 0. The number of aromatic nitrogens is 3. The monoisotopic (exact) mass is 240 g/mol. The zero-order valence-electron chi connectivity index (χ0n) is 7.87. The molecule has 0 bridgehead atoms. The molecule has 82 valence electrons. The molecule has 0 spiro atoms. The predicted octanol–water partition coefficient (Wildman–Crippen LogP) is 1.85. The van der Waals surface area contributed by atoms with Crippen molar-refractivity contribution in [2.45, 2.75) is 0 Å². The molecule has 1 amide bonds. The topological polar surface area (TPSA) is 70.7 Å². The number of amides is 1. The summed E-state index contributed by atoms with van der Waals surface area (Å²) in [7, 11) is 0. The highest BCUT2D eigenvalue weighted by molar-refractivity contribution is 6.31. The van der Waals surface area contributed by atoms with Gasteiger partial charge in [0.25, 0.3) is 5.91 Å². The Morgan fingerprint density at radius 2 is 2.31 bits per heavy atom. The minimum Gasteiger partial charge on any atom is -0.291 e. The zero-order valence-corrected chi connectivity index (χ0v) is 8.62. The van der Waals surface area contributed by atoms with E-state index in [9.17, 15) is 9.18 Å². The van der Waals surface area contributed by atoms with E-state index in [2.05, 4.69) is 20.5 Å². The summed E-state index contributed by atoms with van der Waals surface area (Å²) in [5.41, 5.74) is -0.149. The first kappa shape index (κ1) is 10.6. The molecule has 0 aliphatic carbocycles. The van der Waals surface area contributed by atoms with Crippen LogP contribution in [0.5, 0.6) is 0 Å². The SMILES string of the molecule is O=C(Nc1ncn[nH]1)c1cc(Cl)ccc1F. The Morgan fingerprint density at radius 3 is 3.00 bits per heavy atom. The lowest BCUT2D eigenvalue weighted by Gasteiger charge is -2.03. The Hall–Kier alpha value is -1.95. The van der Waals surface area contributed by atoms with Crippen LogP contribution in [0.15, 0.2) is 24.5 Å². The summed E-state index contributed by atoms with van der Waals surface area (Å²) < 4.78 is 13.3. The van der Waals surface area contributed by atoms with Crippen LogP contribution < -0.4 is 5.32 Å². The van der Waals surface area contributed by atoms with E-state index < -0.39 is 11.7 Å². The predicted molar refractivity (Wildman–Crippen MR) is 55.7 cm³/mol. The van der Waals surface area contributed by atoms with Crippen LogP contribution in [-0.2, 0) is 0 Å². The number of carbonyl (C=O) groups excluding carboxylic acids is 1. The first-order valence-electron chi connectivity index (χ1n) is 4.28. The lowest BCUT2D eigenvalue weighted by molar-refractivity contribution is 0.102. The van der Waals surface area contributed by atoms with Crippen LogP contribution in [0, 0.1) is 5.82 Å². The fourth-order valence-electron chi connectivity index (χ4n) is 1.11. The smallest absolute Gasteiger partial charge is 0.261 e. The molecule has 0 radical (unpaired) electrons. The van der Waals surface area contributed by atoms with Gasteiger partial charge >= 0.3 is 0 Å². The second-order valence-corrected chi connectivity index (χ2v) is 3.35. The van der Waals surface area contributed by atoms with Gasteiger partial charge in [-0.1, -0.05) is 11.6 Å². The van der Waals surface area contributed by atoms with E-state index >= 15 is 0 Å². The van der Waals surface area contributed by atoms with Crippen molar-refractivity contribution in [3.63, 3.8) is 0 Å². The van der Waals surface area contributed by atoms with Gasteiger partial charge in [0.2, 0.25) is 5.95 Å². The van der Waals surface area contributed by atoms with Gasteiger partial charge in [-0.3, -0.25) is 10.1 Å². The highest BCUT2D eigenvalue weighted by atomic mass is 35.5. The highest BCUT2D eigenvalue weighted by Crippen LogP contribution is 2.15. The molecule has 5 nitrogen and oxygen atoms in total. The summed E-state index contributed by atoms with van der Waals surface area (Å²) >= 11 is 5.66. The Balaban J connectivity index is 2.24. The summed E-state index contributed by atoms with van der Waals surface area (Å²) in [6, 6.07) is 3.72. The van der Waals surface area contributed by atoms with Crippen LogP contribution in [-0.4, -0.2) is 21.1 Å². The van der Waals surface area contributed by atoms with Gasteiger partial charge in [-0.05, 0) is 18.2 Å². The molecular weight excluding hydrogens is 235 g/mol. The van der Waals surface area contributed by atoms with Crippen LogP contribution in [0.25, 0.3) is 0 Å². The standard InChI is InChI=1S/C9H6ClFN4O/c10-5-1-2-7(11)6(3-5)8(16)14-9-12-4-13-15-9/h1-4H,(H2,12,13,14,15,16). The Labute approximate surface area is 94.7 Å². The summed E-state index contributed by atoms with van der Waals surface area (Å²) in [4.78, 5) is 15.3. The second kappa shape index (κ2) is 4.28. The number of nitrogens with zero attached hydrogens (tertiary/aromatic N) is 2. The van der Waals surface area contributed by atoms with Crippen molar-refractivity contribution >= 4 is 23.5 Å². The van der Waals surface area contributed by atoms with Crippen molar-refractivity contribution in [2.75, 3.05) is 5.32 Å². The van der Waals surface area contributed by atoms with Gasteiger partial charge < -0.3 is 0 Å². The van der Waals surface area contributed by atoms with Crippen LogP contribution in [0.4, 0.5) is 10.3 Å². The van der Waals surface area contributed by atoms with Crippen LogP contribution in [0.1, 0.15) is 10.4 Å². The number of anilines is 1. The molecule has 0 aliphatic heterocycles. The number of hydrogen-bond acceptors (Lipinski definition) is 3. The van der Waals surface area contributed by atoms with Crippen molar-refractivity contribution in [3.8, 4) is 0 Å². The zero-order chi connectivity index (χ0) is 11.5. The summed E-state index contributed by atoms with van der Waals surface area (Å²) in [6.45, 7) is 0. The number of rotatable bonds is 2. The number of carbonyl (C=O) groups is 1. The van der Waals surface area contributed by atoms with E-state index in [4.69, 9.17) is 11.6 Å². The van der Waals surface area contributed by atoms with Crippen LogP contribution >= 0.6 is 11.6 Å². The molecule has 0 fully saturated rings. The van der Waals surface area contributed by atoms with Crippen LogP contribution in [0.3, 0.4) is 0 Å². The number of aromatic amines is 1. The third-order valence-corrected chi connectivity index (χ3v) is 2.06. The molecule has 2 N–H and O–H groups in total. The maximum Gasteiger partial charge on any atom is 0.261 e. The van der Waals surface area contributed by atoms with Gasteiger partial charge in [0, 0.05) is 5.02 Å². The number of benzene rings is 1. The molecule has 0 atom stereocenters. The minimum absolute atomic E-state index is 0.143. The third-order valence-electron chi connectivity index (χ3n) is 1.82. The van der Waals surface area contributed by atoms with Gasteiger partial charge in [-0.2, -0.15) is 10.1 Å². The van der Waals surface area contributed by atoms with E-state index in [0.29, 0.717) is 0 Å². The molecule has 2 aromatic rings. The minimum atomic E-state index is -0.651. The van der Waals surface area contributed by atoms with E-state index in [1.54, 1.807) is 0 Å². The summed E-state index contributed by atoms with van der Waals surface area (Å²) in [5.74, 6) is -1.15. The number of H-pyrrole nitrogens is 1. The highest BCUT2D eigenvalue weighted by Gasteiger charge is 2.13.